The highest BCUT2D eigenvalue weighted by Crippen LogP contribution is 2.42. The molecule has 2 aliphatic heterocycles. The lowest BCUT2D eigenvalue weighted by Crippen LogP contribution is -2.35. The first kappa shape index (κ1) is 30.8. The Labute approximate surface area is 271 Å². The second-order valence-electron chi connectivity index (χ2n) is 11.0. The van der Waals surface area contributed by atoms with Gasteiger partial charge in [-0.3, -0.25) is 9.79 Å². The minimum absolute atomic E-state index is 0.1000. The number of aliphatic imine (C=N–C) groups is 1. The van der Waals surface area contributed by atoms with Crippen molar-refractivity contribution in [3.05, 3.63) is 76.0 Å². The molecule has 1 fully saturated rings. The third-order valence-electron chi connectivity index (χ3n) is 7.83. The number of nitrogens with one attached hydrogen (secondary N) is 3. The van der Waals surface area contributed by atoms with E-state index in [9.17, 15) is 4.79 Å². The number of nitrogens with zero attached hydrogens (tertiary/aromatic N) is 4. The van der Waals surface area contributed by atoms with E-state index in [4.69, 9.17) is 42.6 Å². The normalized spacial score (nSPS) is 17.5. The second-order valence-corrected chi connectivity index (χ2v) is 11.7. The maximum atomic E-state index is 11.5. The number of amidine groups is 1. The average molecular weight is 647 g/mol. The molecule has 2 aromatic heterocycles. The minimum Gasteiger partial charge on any atom is -0.481 e. The predicted octanol–water partition coefficient (Wildman–Crippen LogP) is 5.30. The fourth-order valence-electron chi connectivity index (χ4n) is 5.52. The average Bonchev–Trinajstić information content (AvgIpc) is 3.68. The summed E-state index contributed by atoms with van der Waals surface area (Å²) in [5, 5.41) is 10.6. The number of aromatic nitrogens is 3. The monoisotopic (exact) mass is 645 g/mol. The number of amides is 1. The Morgan fingerprint density at radius 3 is 2.18 bits per heavy atom. The van der Waals surface area contributed by atoms with Crippen molar-refractivity contribution in [1.29, 1.82) is 0 Å². The minimum atomic E-state index is 0.1000. The number of carbonyl (C=O) groups excluding carboxylic acids is 1. The Kier molecular flexibility index (Phi) is 9.16. The van der Waals surface area contributed by atoms with Crippen LogP contribution >= 0.6 is 23.2 Å². The number of benzene rings is 2. The van der Waals surface area contributed by atoms with E-state index in [0.29, 0.717) is 76.3 Å². The van der Waals surface area contributed by atoms with Crippen molar-refractivity contribution < 1.29 is 14.3 Å². The number of methoxy groups -OCH3 is 2. The molecule has 10 nitrogen and oxygen atoms in total. The van der Waals surface area contributed by atoms with E-state index in [1.54, 1.807) is 20.4 Å². The Hall–Kier alpha value is -4.25. The molecule has 232 valence electrons. The summed E-state index contributed by atoms with van der Waals surface area (Å²) in [6, 6.07) is 15.7. The smallest absolute Gasteiger partial charge is 0.244 e. The predicted molar refractivity (Wildman–Crippen MR) is 176 cm³/mol. The molecule has 45 heavy (non-hydrogen) atoms. The quantitative estimate of drug-likeness (QED) is 0.212. The summed E-state index contributed by atoms with van der Waals surface area (Å²) < 4.78 is 11.2. The number of ether oxygens (including phenoxy) is 2. The van der Waals surface area contributed by atoms with Gasteiger partial charge >= 0.3 is 0 Å². The summed E-state index contributed by atoms with van der Waals surface area (Å²) in [5.74, 6) is 1.62. The third kappa shape index (κ3) is 6.45. The van der Waals surface area contributed by atoms with Crippen LogP contribution in [0.3, 0.4) is 0 Å². The number of halogens is 2. The van der Waals surface area contributed by atoms with Gasteiger partial charge in [-0.25, -0.2) is 15.0 Å². The summed E-state index contributed by atoms with van der Waals surface area (Å²) in [6.45, 7) is 3.95. The van der Waals surface area contributed by atoms with E-state index in [1.165, 1.54) is 0 Å². The van der Waals surface area contributed by atoms with E-state index in [1.807, 2.05) is 48.5 Å². The highest BCUT2D eigenvalue weighted by Gasteiger charge is 2.23. The molecule has 2 aliphatic rings. The van der Waals surface area contributed by atoms with Gasteiger partial charge in [0.05, 0.1) is 48.4 Å². The SMILES string of the molecule is COc1nc(-c2cccc(-c3cccc(-c4cnc(C5=NCC(C)N5)c(OC)n4)c3Cl)c2Cl)ccc1CNCC1CCC(=O)N1. The molecule has 2 atom stereocenters. The first-order chi connectivity index (χ1) is 21.9. The standard InChI is InChI=1S/C33H33Cl2N7O3/c1-18-14-38-31(39-18)30-33(45-3)42-26(17-37-30)24-9-5-7-22(29(24)35)21-6-4-8-23(28(21)34)25-12-10-19(32(41-25)44-2)15-36-16-20-11-13-27(43)40-20/h4-10,12,17-18,20,36H,11,13-16H2,1-3H3,(H,38,39)(H,40,43). The largest absolute Gasteiger partial charge is 0.481 e. The summed E-state index contributed by atoms with van der Waals surface area (Å²) in [5.41, 5.74) is 5.62. The van der Waals surface area contributed by atoms with Gasteiger partial charge in [-0.15, -0.1) is 0 Å². The molecular formula is C33H33Cl2N7O3. The van der Waals surface area contributed by atoms with Crippen LogP contribution in [0.25, 0.3) is 33.6 Å². The van der Waals surface area contributed by atoms with Crippen molar-refractivity contribution in [2.45, 2.75) is 38.4 Å². The summed E-state index contributed by atoms with van der Waals surface area (Å²) in [6.07, 6.45) is 3.08. The maximum Gasteiger partial charge on any atom is 0.244 e. The Morgan fingerprint density at radius 2 is 1.56 bits per heavy atom. The first-order valence-corrected chi connectivity index (χ1v) is 15.5. The molecule has 4 aromatic rings. The zero-order valence-electron chi connectivity index (χ0n) is 25.2. The summed E-state index contributed by atoms with van der Waals surface area (Å²) in [7, 11) is 3.15. The molecule has 0 radical (unpaired) electrons. The number of rotatable bonds is 10. The zero-order valence-corrected chi connectivity index (χ0v) is 26.7. The lowest BCUT2D eigenvalue weighted by Gasteiger charge is -2.16. The van der Waals surface area contributed by atoms with Crippen LogP contribution in [0.15, 0.2) is 59.7 Å². The van der Waals surface area contributed by atoms with Crippen molar-refractivity contribution in [1.82, 2.24) is 30.9 Å². The lowest BCUT2D eigenvalue weighted by atomic mass is 9.98. The van der Waals surface area contributed by atoms with Gasteiger partial charge in [0.15, 0.2) is 11.5 Å². The fraction of sp³-hybridized carbons (Fsp3) is 0.303. The maximum absolute atomic E-state index is 11.5. The summed E-state index contributed by atoms with van der Waals surface area (Å²) in [4.78, 5) is 30.1. The lowest BCUT2D eigenvalue weighted by molar-refractivity contribution is -0.119. The number of carbonyl (C=O) groups is 1. The van der Waals surface area contributed by atoms with Crippen LogP contribution in [0.4, 0.5) is 0 Å². The van der Waals surface area contributed by atoms with Crippen molar-refractivity contribution in [2.75, 3.05) is 27.3 Å². The Bertz CT molecular complexity index is 1780. The van der Waals surface area contributed by atoms with Gasteiger partial charge in [-0.05, 0) is 19.4 Å². The molecule has 4 heterocycles. The van der Waals surface area contributed by atoms with Crippen LogP contribution in [0.1, 0.15) is 31.0 Å². The van der Waals surface area contributed by atoms with Gasteiger partial charge in [0.2, 0.25) is 17.7 Å². The Morgan fingerprint density at radius 1 is 0.889 bits per heavy atom. The van der Waals surface area contributed by atoms with Crippen LogP contribution < -0.4 is 25.4 Å². The van der Waals surface area contributed by atoms with E-state index >= 15 is 0 Å². The van der Waals surface area contributed by atoms with E-state index in [2.05, 4.69) is 32.9 Å². The molecule has 1 amide bonds. The zero-order chi connectivity index (χ0) is 31.5. The van der Waals surface area contributed by atoms with Gasteiger partial charge in [-0.2, -0.15) is 0 Å². The van der Waals surface area contributed by atoms with Gasteiger partial charge in [0, 0.05) is 59.4 Å². The molecule has 0 bridgehead atoms. The summed E-state index contributed by atoms with van der Waals surface area (Å²) >= 11 is 14.1. The van der Waals surface area contributed by atoms with Crippen LogP contribution in [-0.4, -0.2) is 66.1 Å². The molecule has 6 rings (SSSR count). The van der Waals surface area contributed by atoms with E-state index in [0.717, 1.165) is 28.7 Å². The van der Waals surface area contributed by atoms with Crippen LogP contribution in [0.5, 0.6) is 11.8 Å². The molecule has 2 aromatic carbocycles. The van der Waals surface area contributed by atoms with Crippen molar-refractivity contribution >= 4 is 34.9 Å². The fourth-order valence-corrected chi connectivity index (χ4v) is 6.17. The first-order valence-electron chi connectivity index (χ1n) is 14.7. The van der Waals surface area contributed by atoms with Crippen LogP contribution in [0, 0.1) is 0 Å². The van der Waals surface area contributed by atoms with E-state index < -0.39 is 0 Å². The number of hydrogen-bond donors (Lipinski definition) is 3. The van der Waals surface area contributed by atoms with Crippen molar-refractivity contribution in [2.24, 2.45) is 4.99 Å². The molecule has 0 aliphatic carbocycles. The second kappa shape index (κ2) is 13.4. The van der Waals surface area contributed by atoms with Gasteiger partial charge in [0.25, 0.3) is 0 Å². The van der Waals surface area contributed by atoms with Crippen molar-refractivity contribution in [3.8, 4) is 45.4 Å². The number of hydrogen-bond acceptors (Lipinski definition) is 9. The van der Waals surface area contributed by atoms with Crippen LogP contribution in [-0.2, 0) is 11.3 Å². The molecule has 0 spiro atoms. The molecule has 2 unspecified atom stereocenters. The molecule has 1 saturated heterocycles. The van der Waals surface area contributed by atoms with Gasteiger partial charge in [0.1, 0.15) is 0 Å². The highest BCUT2D eigenvalue weighted by atomic mass is 35.5. The molecular weight excluding hydrogens is 613 g/mol. The van der Waals surface area contributed by atoms with Gasteiger partial charge in [-0.1, -0.05) is 65.7 Å². The van der Waals surface area contributed by atoms with Crippen LogP contribution in [0.2, 0.25) is 10.0 Å². The third-order valence-corrected chi connectivity index (χ3v) is 8.64. The number of pyridine rings is 1. The highest BCUT2D eigenvalue weighted by molar-refractivity contribution is 6.39. The topological polar surface area (TPSA) is 123 Å². The van der Waals surface area contributed by atoms with E-state index in [-0.39, 0.29) is 18.0 Å². The van der Waals surface area contributed by atoms with Crippen molar-refractivity contribution in [3.63, 3.8) is 0 Å². The molecule has 12 heteroatoms. The molecule has 0 saturated carbocycles. The van der Waals surface area contributed by atoms with Gasteiger partial charge < -0.3 is 25.4 Å². The Balaban J connectivity index is 1.27. The molecule has 3 N–H and O–H groups in total.